The summed E-state index contributed by atoms with van der Waals surface area (Å²) in [6.07, 6.45) is 6.70. The number of hydrogen-bond donors (Lipinski definition) is 3. The van der Waals surface area contributed by atoms with Crippen LogP contribution in [0.15, 0.2) is 88.8 Å². The van der Waals surface area contributed by atoms with Crippen molar-refractivity contribution in [3.05, 3.63) is 117 Å². The van der Waals surface area contributed by atoms with E-state index < -0.39 is 17.3 Å². The lowest BCUT2D eigenvalue weighted by Crippen LogP contribution is -2.37. The number of aromatic nitrogens is 8. The summed E-state index contributed by atoms with van der Waals surface area (Å²) in [7, 11) is 0. The van der Waals surface area contributed by atoms with E-state index in [4.69, 9.17) is 15.7 Å². The highest BCUT2D eigenvalue weighted by Crippen LogP contribution is 2.37. The molecule has 0 saturated carbocycles. The largest absolute Gasteiger partial charge is 0.507 e. The summed E-state index contributed by atoms with van der Waals surface area (Å²) < 4.78 is 4.78. The minimum Gasteiger partial charge on any atom is -0.507 e. The molecule has 5 aromatic heterocycles. The number of nitrogens with two attached hydrogens (primary N) is 1. The Morgan fingerprint density at radius 2 is 1.91 bits per heavy atom. The second-order valence-electron chi connectivity index (χ2n) is 10.8. The molecule has 7 aromatic rings. The fourth-order valence-electron chi connectivity index (χ4n) is 6.16. The van der Waals surface area contributed by atoms with Crippen LogP contribution in [0.1, 0.15) is 33.9 Å². The van der Waals surface area contributed by atoms with Gasteiger partial charge in [0, 0.05) is 30.3 Å². The molecule has 0 aliphatic heterocycles. The van der Waals surface area contributed by atoms with Crippen LogP contribution in [0, 0.1) is 0 Å². The van der Waals surface area contributed by atoms with E-state index in [1.165, 1.54) is 16.7 Å². The van der Waals surface area contributed by atoms with Crippen LogP contribution in [0.25, 0.3) is 45.0 Å². The molecule has 0 amide bonds. The number of nitrogens with zero attached hydrogens (tertiary/aromatic N) is 7. The van der Waals surface area contributed by atoms with E-state index in [9.17, 15) is 19.5 Å². The van der Waals surface area contributed by atoms with Crippen molar-refractivity contribution in [2.24, 2.45) is 0 Å². The number of fused-ring (bicyclic) bond motifs is 3. The van der Waals surface area contributed by atoms with Crippen LogP contribution in [0.3, 0.4) is 0 Å². The first kappa shape index (κ1) is 26.3. The van der Waals surface area contributed by atoms with Gasteiger partial charge in [-0.05, 0) is 72.5 Å². The SMILES string of the molecule is Nc1ncccc1-c1nc2ccc(-n3cccn3)nc2n1-c1ccc2c(c1)CC[C@@H]2n1c(=O)[nH]c2cc(O)c(C=O)cc2c1=O. The Morgan fingerprint density at radius 3 is 2.71 bits per heavy atom. The smallest absolute Gasteiger partial charge is 0.329 e. The summed E-state index contributed by atoms with van der Waals surface area (Å²) in [5, 5.41) is 14.5. The summed E-state index contributed by atoms with van der Waals surface area (Å²) in [6.45, 7) is 0. The van der Waals surface area contributed by atoms with Gasteiger partial charge in [-0.25, -0.2) is 24.4 Å². The van der Waals surface area contributed by atoms with Crippen LogP contribution < -0.4 is 17.0 Å². The topological polar surface area (TPSA) is 180 Å². The molecule has 0 radical (unpaired) electrons. The Hall–Kier alpha value is -6.37. The maximum atomic E-state index is 13.6. The lowest BCUT2D eigenvalue weighted by molar-refractivity contribution is 0.112. The molecule has 0 spiro atoms. The number of nitrogen functional groups attached to an aromatic ring is 1. The van der Waals surface area contributed by atoms with Crippen molar-refractivity contribution in [2.45, 2.75) is 18.9 Å². The molecular formula is C32H23N9O4. The monoisotopic (exact) mass is 597 g/mol. The van der Waals surface area contributed by atoms with Crippen molar-refractivity contribution in [3.8, 4) is 28.6 Å². The number of phenols is 1. The van der Waals surface area contributed by atoms with Crippen molar-refractivity contribution in [1.29, 1.82) is 0 Å². The van der Waals surface area contributed by atoms with Gasteiger partial charge in [0.05, 0.1) is 28.1 Å². The molecule has 2 aromatic carbocycles. The van der Waals surface area contributed by atoms with Gasteiger partial charge in [-0.15, -0.1) is 0 Å². The van der Waals surface area contributed by atoms with Crippen molar-refractivity contribution in [1.82, 2.24) is 38.9 Å². The highest BCUT2D eigenvalue weighted by molar-refractivity contribution is 5.89. The molecule has 8 rings (SSSR count). The number of hydrogen-bond acceptors (Lipinski definition) is 9. The molecule has 220 valence electrons. The van der Waals surface area contributed by atoms with E-state index in [2.05, 4.69) is 15.1 Å². The third-order valence-corrected chi connectivity index (χ3v) is 8.25. The zero-order chi connectivity index (χ0) is 30.8. The number of carbonyl (C=O) groups is 1. The molecule has 1 aliphatic rings. The zero-order valence-electron chi connectivity index (χ0n) is 23.5. The Morgan fingerprint density at radius 1 is 1.02 bits per heavy atom. The average Bonchev–Trinajstić information content (AvgIpc) is 3.80. The molecule has 4 N–H and O–H groups in total. The number of rotatable bonds is 5. The van der Waals surface area contributed by atoms with E-state index in [1.54, 1.807) is 23.1 Å². The number of anilines is 1. The highest BCUT2D eigenvalue weighted by atomic mass is 16.3. The number of aldehydes is 1. The minimum atomic E-state index is -0.599. The van der Waals surface area contributed by atoms with Gasteiger partial charge in [-0.1, -0.05) is 6.07 Å². The molecule has 0 unspecified atom stereocenters. The predicted octanol–water partition coefficient (Wildman–Crippen LogP) is 3.31. The maximum Gasteiger partial charge on any atom is 0.329 e. The fourth-order valence-corrected chi connectivity index (χ4v) is 6.16. The van der Waals surface area contributed by atoms with Gasteiger partial charge in [0.15, 0.2) is 23.6 Å². The van der Waals surface area contributed by atoms with Crippen LogP contribution >= 0.6 is 0 Å². The van der Waals surface area contributed by atoms with Gasteiger partial charge in [-0.3, -0.25) is 18.7 Å². The summed E-state index contributed by atoms with van der Waals surface area (Å²) in [6, 6.07) is 17.0. The number of H-pyrrole nitrogens is 1. The number of pyridine rings is 2. The molecule has 5 heterocycles. The van der Waals surface area contributed by atoms with Gasteiger partial charge < -0.3 is 15.8 Å². The van der Waals surface area contributed by atoms with Crippen LogP contribution in [0.5, 0.6) is 5.75 Å². The molecule has 1 atom stereocenters. The number of aryl methyl sites for hydroxylation is 1. The van der Waals surface area contributed by atoms with Crippen molar-refractivity contribution in [3.63, 3.8) is 0 Å². The van der Waals surface area contributed by atoms with E-state index in [-0.39, 0.29) is 22.2 Å². The molecule has 13 heteroatoms. The molecule has 0 saturated heterocycles. The van der Waals surface area contributed by atoms with Gasteiger partial charge >= 0.3 is 5.69 Å². The average molecular weight is 598 g/mol. The maximum absolute atomic E-state index is 13.6. The normalized spacial score (nSPS) is 14.3. The van der Waals surface area contributed by atoms with Gasteiger partial charge in [-0.2, -0.15) is 5.10 Å². The molecule has 0 bridgehead atoms. The fraction of sp³-hybridized carbons (Fsp3) is 0.0938. The van der Waals surface area contributed by atoms with Crippen molar-refractivity contribution in [2.75, 3.05) is 5.73 Å². The highest BCUT2D eigenvalue weighted by Gasteiger charge is 2.29. The number of carbonyl (C=O) groups excluding carboxylic acids is 1. The Bertz CT molecular complexity index is 2440. The zero-order valence-corrected chi connectivity index (χ0v) is 23.5. The number of aromatic amines is 1. The first-order valence-electron chi connectivity index (χ1n) is 14.1. The quantitative estimate of drug-likeness (QED) is 0.251. The van der Waals surface area contributed by atoms with E-state index in [1.807, 2.05) is 53.2 Å². The summed E-state index contributed by atoms with van der Waals surface area (Å²) in [5.41, 5.74) is 9.73. The first-order chi connectivity index (χ1) is 21.9. The second kappa shape index (κ2) is 9.84. The lowest BCUT2D eigenvalue weighted by atomic mass is 10.1. The first-order valence-corrected chi connectivity index (χ1v) is 14.1. The Kier molecular flexibility index (Phi) is 5.75. The third-order valence-electron chi connectivity index (χ3n) is 8.25. The lowest BCUT2D eigenvalue weighted by Gasteiger charge is -2.16. The Balaban J connectivity index is 1.29. The van der Waals surface area contributed by atoms with Crippen molar-refractivity contribution < 1.29 is 9.90 Å². The second-order valence-corrected chi connectivity index (χ2v) is 10.8. The number of phenolic OH excluding ortho intramolecular Hbond substituents is 1. The number of aromatic hydroxyl groups is 1. The molecule has 45 heavy (non-hydrogen) atoms. The number of imidazole rings is 1. The third kappa shape index (κ3) is 4.05. The van der Waals surface area contributed by atoms with Crippen molar-refractivity contribution >= 4 is 34.2 Å². The van der Waals surface area contributed by atoms with Crippen LogP contribution in [-0.2, 0) is 6.42 Å². The van der Waals surface area contributed by atoms with Gasteiger partial charge in [0.25, 0.3) is 5.56 Å². The van der Waals surface area contributed by atoms with Crippen LogP contribution in [0.2, 0.25) is 0 Å². The van der Waals surface area contributed by atoms with E-state index in [0.29, 0.717) is 53.3 Å². The summed E-state index contributed by atoms with van der Waals surface area (Å²) in [5.74, 6) is 1.19. The molecule has 1 aliphatic carbocycles. The molecular weight excluding hydrogens is 574 g/mol. The minimum absolute atomic E-state index is 0.0309. The summed E-state index contributed by atoms with van der Waals surface area (Å²) in [4.78, 5) is 54.9. The standard InChI is InChI=1S/C32H23N9O4/c33-28-21(3-1-10-34-28)29-36-23-7-9-27(39-12-2-11-35-39)38-30(23)40(29)19-5-6-20-17(13-19)4-8-25(20)41-31(44)22-14-18(16-42)26(43)15-24(22)37-32(41)45/h1-3,5-7,9-16,25,43H,4,8H2,(H2,33,34)(H,37,45)/t25-/m0/s1. The van der Waals surface area contributed by atoms with E-state index in [0.717, 1.165) is 16.8 Å². The van der Waals surface area contributed by atoms with Crippen LogP contribution in [-0.4, -0.2) is 50.2 Å². The van der Waals surface area contributed by atoms with Gasteiger partial charge in [0.2, 0.25) is 0 Å². The van der Waals surface area contributed by atoms with Gasteiger partial charge in [0.1, 0.15) is 17.1 Å². The molecule has 13 nitrogen and oxygen atoms in total. The van der Waals surface area contributed by atoms with Crippen LogP contribution in [0.4, 0.5) is 5.82 Å². The Labute approximate surface area is 252 Å². The van der Waals surface area contributed by atoms with E-state index >= 15 is 0 Å². The summed E-state index contributed by atoms with van der Waals surface area (Å²) >= 11 is 0. The molecule has 0 fully saturated rings. The number of nitrogens with one attached hydrogen (secondary N) is 1. The predicted molar refractivity (Wildman–Crippen MR) is 166 cm³/mol. The number of benzene rings is 2.